The van der Waals surface area contributed by atoms with Gasteiger partial charge in [0.2, 0.25) is 0 Å². The quantitative estimate of drug-likeness (QED) is 0.334. The van der Waals surface area contributed by atoms with Crippen molar-refractivity contribution in [2.24, 2.45) is 0 Å². The first-order chi connectivity index (χ1) is 18.9. The van der Waals surface area contributed by atoms with Gasteiger partial charge in [0.05, 0.1) is 25.7 Å². The summed E-state index contributed by atoms with van der Waals surface area (Å²) >= 11 is 0. The molecule has 9 heteroatoms. The molecule has 0 amide bonds. The number of aliphatic hydroxyl groups is 1. The molecule has 1 fully saturated rings. The molecule has 1 aliphatic heterocycles. The highest BCUT2D eigenvalue weighted by atomic mass is 16.5. The Morgan fingerprint density at radius 1 is 1.10 bits per heavy atom. The van der Waals surface area contributed by atoms with E-state index in [1.807, 2.05) is 47.0 Å². The van der Waals surface area contributed by atoms with E-state index >= 15 is 0 Å². The van der Waals surface area contributed by atoms with Crippen molar-refractivity contribution in [3.05, 3.63) is 95.2 Å². The van der Waals surface area contributed by atoms with Crippen molar-refractivity contribution in [1.29, 1.82) is 0 Å². The maximum Gasteiger partial charge on any atom is 0.306 e. The monoisotopic (exact) mass is 526 g/mol. The van der Waals surface area contributed by atoms with E-state index in [-0.39, 0.29) is 12.5 Å². The van der Waals surface area contributed by atoms with Crippen LogP contribution in [0.15, 0.2) is 71.5 Å². The first-order valence-electron chi connectivity index (χ1n) is 12.8. The minimum absolute atomic E-state index is 0.0311. The molecular formula is C30H30N4O5. The molecule has 39 heavy (non-hydrogen) atoms. The lowest BCUT2D eigenvalue weighted by Gasteiger charge is -2.32. The van der Waals surface area contributed by atoms with E-state index in [2.05, 4.69) is 39.0 Å². The highest BCUT2D eigenvalue weighted by Gasteiger charge is 2.22. The SMILES string of the molecule is C[C@H](O)c1nccn1Cc1cc(-c2ccc(C#Cc3ccc(CN4CCOC(CC(=O)O)C4)cc3)cc2)on1. The van der Waals surface area contributed by atoms with Crippen LogP contribution in [0.5, 0.6) is 0 Å². The van der Waals surface area contributed by atoms with Crippen molar-refractivity contribution < 1.29 is 24.3 Å². The maximum absolute atomic E-state index is 11.0. The highest BCUT2D eigenvalue weighted by Crippen LogP contribution is 2.22. The molecule has 200 valence electrons. The van der Waals surface area contributed by atoms with Gasteiger partial charge in [-0.25, -0.2) is 4.98 Å². The van der Waals surface area contributed by atoms with Crippen molar-refractivity contribution in [2.45, 2.75) is 38.6 Å². The molecule has 0 saturated carbocycles. The predicted molar refractivity (Wildman–Crippen MR) is 144 cm³/mol. The molecule has 5 rings (SSSR count). The number of aliphatic carboxylic acids is 1. The summed E-state index contributed by atoms with van der Waals surface area (Å²) in [5, 5.41) is 23.0. The van der Waals surface area contributed by atoms with Gasteiger partial charge in [0.25, 0.3) is 0 Å². The Morgan fingerprint density at radius 3 is 2.51 bits per heavy atom. The lowest BCUT2D eigenvalue weighted by molar-refractivity contribution is -0.142. The van der Waals surface area contributed by atoms with Crippen LogP contribution in [0.25, 0.3) is 11.3 Å². The Balaban J connectivity index is 1.17. The average Bonchev–Trinajstić information content (AvgIpc) is 3.59. The Bertz CT molecular complexity index is 1460. The number of rotatable bonds is 8. The van der Waals surface area contributed by atoms with E-state index in [1.54, 1.807) is 19.3 Å². The number of hydrogen-bond acceptors (Lipinski definition) is 7. The molecule has 0 radical (unpaired) electrons. The fourth-order valence-corrected chi connectivity index (χ4v) is 4.58. The van der Waals surface area contributed by atoms with Gasteiger partial charge in [0.1, 0.15) is 17.6 Å². The van der Waals surface area contributed by atoms with Gasteiger partial charge in [0, 0.05) is 54.8 Å². The molecule has 9 nitrogen and oxygen atoms in total. The number of carboxylic acid groups (broad SMARTS) is 1. The van der Waals surface area contributed by atoms with Gasteiger partial charge < -0.3 is 24.0 Å². The summed E-state index contributed by atoms with van der Waals surface area (Å²) in [6.45, 7) is 4.85. The molecule has 1 saturated heterocycles. The van der Waals surface area contributed by atoms with Crippen molar-refractivity contribution >= 4 is 5.97 Å². The van der Waals surface area contributed by atoms with Crippen molar-refractivity contribution in [1.82, 2.24) is 19.6 Å². The van der Waals surface area contributed by atoms with E-state index in [9.17, 15) is 9.90 Å². The van der Waals surface area contributed by atoms with Crippen molar-refractivity contribution in [3.8, 4) is 23.2 Å². The van der Waals surface area contributed by atoms with Crippen LogP contribution in [-0.2, 0) is 22.6 Å². The normalized spacial score (nSPS) is 16.4. The molecule has 2 aromatic carbocycles. The first kappa shape index (κ1) is 26.4. The van der Waals surface area contributed by atoms with Crippen LogP contribution >= 0.6 is 0 Å². The summed E-state index contributed by atoms with van der Waals surface area (Å²) in [5.74, 6) is 6.82. The van der Waals surface area contributed by atoms with E-state index in [0.717, 1.165) is 41.0 Å². The van der Waals surface area contributed by atoms with Gasteiger partial charge in [-0.15, -0.1) is 0 Å². The van der Waals surface area contributed by atoms with Crippen LogP contribution in [0.4, 0.5) is 0 Å². The Labute approximate surface area is 226 Å². The summed E-state index contributed by atoms with van der Waals surface area (Å²) in [7, 11) is 0. The second kappa shape index (κ2) is 12.1. The standard InChI is InChI=1S/C30H30N4O5/c1-21(35)30-31-12-13-34(30)19-26-16-28(39-32-26)25-10-8-23(9-11-25)3-2-22-4-6-24(7-5-22)18-33-14-15-38-27(20-33)17-29(36)37/h4-13,16,21,27,35H,14-15,17-20H2,1H3,(H,36,37)/t21-,27?/m0/s1. The van der Waals surface area contributed by atoms with Gasteiger partial charge >= 0.3 is 5.97 Å². The van der Waals surface area contributed by atoms with Crippen LogP contribution < -0.4 is 0 Å². The molecule has 0 spiro atoms. The molecule has 4 aromatic rings. The topological polar surface area (TPSA) is 114 Å². The van der Waals surface area contributed by atoms with Gasteiger partial charge in [-0.2, -0.15) is 0 Å². The minimum Gasteiger partial charge on any atom is -0.481 e. The van der Waals surface area contributed by atoms with Crippen LogP contribution in [0, 0.1) is 11.8 Å². The van der Waals surface area contributed by atoms with Gasteiger partial charge in [0.15, 0.2) is 5.76 Å². The molecule has 0 bridgehead atoms. The second-order valence-corrected chi connectivity index (χ2v) is 9.62. The summed E-state index contributed by atoms with van der Waals surface area (Å²) < 4.78 is 12.9. The summed E-state index contributed by atoms with van der Waals surface area (Å²) in [4.78, 5) is 17.4. The van der Waals surface area contributed by atoms with Crippen LogP contribution in [0.3, 0.4) is 0 Å². The molecule has 1 aliphatic rings. The summed E-state index contributed by atoms with van der Waals surface area (Å²) in [6, 6.07) is 17.8. The van der Waals surface area contributed by atoms with Gasteiger partial charge in [-0.1, -0.05) is 29.1 Å². The number of carbonyl (C=O) groups is 1. The number of aromatic nitrogens is 3. The lowest BCUT2D eigenvalue weighted by atomic mass is 10.1. The lowest BCUT2D eigenvalue weighted by Crippen LogP contribution is -2.42. The number of imidazole rings is 1. The second-order valence-electron chi connectivity index (χ2n) is 9.62. The van der Waals surface area contributed by atoms with E-state index in [1.165, 1.54) is 0 Å². The zero-order valence-electron chi connectivity index (χ0n) is 21.7. The number of aliphatic hydroxyl groups excluding tert-OH is 1. The number of nitrogens with zero attached hydrogens (tertiary/aromatic N) is 4. The molecule has 2 aromatic heterocycles. The van der Waals surface area contributed by atoms with Crippen molar-refractivity contribution in [2.75, 3.05) is 19.7 Å². The van der Waals surface area contributed by atoms with Gasteiger partial charge in [-0.05, 0) is 48.9 Å². The molecule has 0 aliphatic carbocycles. The molecule has 2 atom stereocenters. The molecular weight excluding hydrogens is 496 g/mol. The number of morpholine rings is 1. The van der Waals surface area contributed by atoms with Crippen LogP contribution in [0.1, 0.15) is 47.7 Å². The zero-order chi connectivity index (χ0) is 27.2. The Morgan fingerprint density at radius 2 is 1.82 bits per heavy atom. The molecule has 3 heterocycles. The maximum atomic E-state index is 11.0. The van der Waals surface area contributed by atoms with E-state index in [4.69, 9.17) is 14.4 Å². The fraction of sp³-hybridized carbons (Fsp3) is 0.300. The highest BCUT2D eigenvalue weighted by molar-refractivity contribution is 5.67. The van der Waals surface area contributed by atoms with Crippen molar-refractivity contribution in [3.63, 3.8) is 0 Å². The minimum atomic E-state index is -0.833. The predicted octanol–water partition coefficient (Wildman–Crippen LogP) is 3.72. The smallest absolute Gasteiger partial charge is 0.306 e. The first-order valence-corrected chi connectivity index (χ1v) is 12.8. The van der Waals surface area contributed by atoms with E-state index in [0.29, 0.717) is 31.3 Å². The van der Waals surface area contributed by atoms with E-state index < -0.39 is 12.1 Å². The largest absolute Gasteiger partial charge is 0.481 e. The van der Waals surface area contributed by atoms with Crippen LogP contribution in [0.2, 0.25) is 0 Å². The number of carboxylic acids is 1. The Hall–Kier alpha value is -4.23. The third kappa shape index (κ3) is 7.00. The fourth-order valence-electron chi connectivity index (χ4n) is 4.58. The third-order valence-corrected chi connectivity index (χ3v) is 6.52. The number of benzene rings is 2. The summed E-state index contributed by atoms with van der Waals surface area (Å²) in [6.07, 6.45) is 2.57. The zero-order valence-corrected chi connectivity index (χ0v) is 21.7. The molecule has 1 unspecified atom stereocenters. The van der Waals surface area contributed by atoms with Gasteiger partial charge in [-0.3, -0.25) is 9.69 Å². The number of ether oxygens (including phenoxy) is 1. The third-order valence-electron chi connectivity index (χ3n) is 6.52. The summed E-state index contributed by atoms with van der Waals surface area (Å²) in [5.41, 5.74) is 4.61. The Kier molecular flexibility index (Phi) is 8.18. The van der Waals surface area contributed by atoms with Crippen LogP contribution in [-0.4, -0.2) is 61.6 Å². The number of hydrogen-bond donors (Lipinski definition) is 2. The average molecular weight is 527 g/mol. The molecule has 2 N–H and O–H groups in total.